The summed E-state index contributed by atoms with van der Waals surface area (Å²) in [6, 6.07) is 15.5. The van der Waals surface area contributed by atoms with Crippen LogP contribution in [0, 0.1) is 6.92 Å². The number of esters is 1. The SMILES string of the molecule is COC(=O)c1ccc(OCCc2ccccc2)c(C)c1. The maximum Gasteiger partial charge on any atom is 0.337 e. The number of hydrogen-bond donors (Lipinski definition) is 0. The van der Waals surface area contributed by atoms with Crippen molar-refractivity contribution in [3.63, 3.8) is 0 Å². The number of carbonyl (C=O) groups excluding carboxylic acids is 1. The van der Waals surface area contributed by atoms with E-state index in [1.165, 1.54) is 12.7 Å². The van der Waals surface area contributed by atoms with E-state index in [-0.39, 0.29) is 5.97 Å². The number of carbonyl (C=O) groups is 1. The lowest BCUT2D eigenvalue weighted by Crippen LogP contribution is -2.05. The highest BCUT2D eigenvalue weighted by Crippen LogP contribution is 2.20. The third-order valence-electron chi connectivity index (χ3n) is 3.09. The summed E-state index contributed by atoms with van der Waals surface area (Å²) < 4.78 is 10.4. The van der Waals surface area contributed by atoms with Crippen LogP contribution in [0.25, 0.3) is 0 Å². The quantitative estimate of drug-likeness (QED) is 0.781. The van der Waals surface area contributed by atoms with Crippen molar-refractivity contribution in [1.82, 2.24) is 0 Å². The van der Waals surface area contributed by atoms with Crippen molar-refractivity contribution in [3.8, 4) is 5.75 Å². The average molecular weight is 270 g/mol. The highest BCUT2D eigenvalue weighted by Gasteiger charge is 2.08. The van der Waals surface area contributed by atoms with Gasteiger partial charge >= 0.3 is 5.97 Å². The highest BCUT2D eigenvalue weighted by atomic mass is 16.5. The van der Waals surface area contributed by atoms with Crippen molar-refractivity contribution in [1.29, 1.82) is 0 Å². The van der Waals surface area contributed by atoms with Gasteiger partial charge in [-0.15, -0.1) is 0 Å². The van der Waals surface area contributed by atoms with Crippen LogP contribution in [0.1, 0.15) is 21.5 Å². The zero-order valence-corrected chi connectivity index (χ0v) is 11.8. The number of rotatable bonds is 5. The summed E-state index contributed by atoms with van der Waals surface area (Å²) in [4.78, 5) is 11.4. The Kier molecular flexibility index (Phi) is 4.77. The Hall–Kier alpha value is -2.29. The molecule has 0 heterocycles. The van der Waals surface area contributed by atoms with Gasteiger partial charge in [-0.05, 0) is 36.2 Å². The fourth-order valence-electron chi connectivity index (χ4n) is 1.98. The molecule has 0 bridgehead atoms. The first-order valence-electron chi connectivity index (χ1n) is 6.56. The van der Waals surface area contributed by atoms with E-state index in [1.54, 1.807) is 12.1 Å². The van der Waals surface area contributed by atoms with Crippen molar-refractivity contribution < 1.29 is 14.3 Å². The molecule has 0 aliphatic heterocycles. The molecule has 0 amide bonds. The standard InChI is InChI=1S/C17H18O3/c1-13-12-15(17(18)19-2)8-9-16(13)20-11-10-14-6-4-3-5-7-14/h3-9,12H,10-11H2,1-2H3. The second-order valence-electron chi connectivity index (χ2n) is 4.56. The van der Waals surface area contributed by atoms with Crippen molar-refractivity contribution in [3.05, 3.63) is 65.2 Å². The number of aryl methyl sites for hydroxylation is 1. The van der Waals surface area contributed by atoms with Crippen molar-refractivity contribution in [2.75, 3.05) is 13.7 Å². The number of benzene rings is 2. The normalized spacial score (nSPS) is 10.1. The molecule has 0 aromatic heterocycles. The third-order valence-corrected chi connectivity index (χ3v) is 3.09. The summed E-state index contributed by atoms with van der Waals surface area (Å²) in [6.07, 6.45) is 0.860. The molecule has 2 aromatic carbocycles. The van der Waals surface area contributed by atoms with Crippen LogP contribution < -0.4 is 4.74 Å². The van der Waals surface area contributed by atoms with E-state index in [4.69, 9.17) is 9.47 Å². The Morgan fingerprint density at radius 3 is 2.50 bits per heavy atom. The smallest absolute Gasteiger partial charge is 0.337 e. The molecular weight excluding hydrogens is 252 g/mol. The summed E-state index contributed by atoms with van der Waals surface area (Å²) in [5.41, 5.74) is 2.72. The molecule has 0 aliphatic carbocycles. The molecule has 0 radical (unpaired) electrons. The van der Waals surface area contributed by atoms with Gasteiger partial charge < -0.3 is 9.47 Å². The average Bonchev–Trinajstić information content (AvgIpc) is 2.49. The molecule has 104 valence electrons. The maximum atomic E-state index is 11.4. The lowest BCUT2D eigenvalue weighted by Gasteiger charge is -2.10. The summed E-state index contributed by atoms with van der Waals surface area (Å²) in [5.74, 6) is 0.470. The Bertz CT molecular complexity index is 576. The van der Waals surface area contributed by atoms with Gasteiger partial charge in [0.25, 0.3) is 0 Å². The van der Waals surface area contributed by atoms with Crippen LogP contribution in [0.2, 0.25) is 0 Å². The van der Waals surface area contributed by atoms with Crippen molar-refractivity contribution in [2.45, 2.75) is 13.3 Å². The maximum absolute atomic E-state index is 11.4. The first kappa shape index (κ1) is 14.1. The second-order valence-corrected chi connectivity index (χ2v) is 4.56. The predicted molar refractivity (Wildman–Crippen MR) is 78.2 cm³/mol. The molecule has 0 saturated heterocycles. The Balaban J connectivity index is 1.95. The van der Waals surface area contributed by atoms with Crippen molar-refractivity contribution in [2.24, 2.45) is 0 Å². The molecule has 0 saturated carbocycles. The Morgan fingerprint density at radius 2 is 1.85 bits per heavy atom. The first-order valence-corrected chi connectivity index (χ1v) is 6.56. The van der Waals surface area contributed by atoms with E-state index in [9.17, 15) is 4.79 Å². The lowest BCUT2D eigenvalue weighted by atomic mass is 10.1. The zero-order valence-electron chi connectivity index (χ0n) is 11.8. The molecule has 3 nitrogen and oxygen atoms in total. The summed E-state index contributed by atoms with van der Waals surface area (Å²) in [7, 11) is 1.38. The molecule has 0 unspecified atom stereocenters. The van der Waals surface area contributed by atoms with Crippen LogP contribution >= 0.6 is 0 Å². The molecule has 0 aliphatic rings. The Labute approximate surface area is 119 Å². The first-order chi connectivity index (χ1) is 9.70. The van der Waals surface area contributed by atoms with Gasteiger partial charge in [0.15, 0.2) is 0 Å². The van der Waals surface area contributed by atoms with E-state index >= 15 is 0 Å². The zero-order chi connectivity index (χ0) is 14.4. The van der Waals surface area contributed by atoms with Crippen LogP contribution in [-0.4, -0.2) is 19.7 Å². The molecule has 0 fully saturated rings. The number of methoxy groups -OCH3 is 1. The van der Waals surface area contributed by atoms with Gasteiger partial charge in [0.2, 0.25) is 0 Å². The molecule has 0 spiro atoms. The number of hydrogen-bond acceptors (Lipinski definition) is 3. The molecule has 0 N–H and O–H groups in total. The number of ether oxygens (including phenoxy) is 2. The van der Waals surface area contributed by atoms with Gasteiger partial charge in [-0.3, -0.25) is 0 Å². The van der Waals surface area contributed by atoms with Crippen LogP contribution in [-0.2, 0) is 11.2 Å². The molecule has 20 heavy (non-hydrogen) atoms. The van der Waals surface area contributed by atoms with Gasteiger partial charge in [0.1, 0.15) is 5.75 Å². The summed E-state index contributed by atoms with van der Waals surface area (Å²) >= 11 is 0. The van der Waals surface area contributed by atoms with Crippen LogP contribution in [0.3, 0.4) is 0 Å². The molecule has 0 atom stereocenters. The second kappa shape index (κ2) is 6.75. The van der Waals surface area contributed by atoms with E-state index in [1.807, 2.05) is 31.2 Å². The minimum Gasteiger partial charge on any atom is -0.493 e. The fraction of sp³-hybridized carbons (Fsp3) is 0.235. The van der Waals surface area contributed by atoms with Gasteiger partial charge in [-0.25, -0.2) is 4.79 Å². The third kappa shape index (κ3) is 3.60. The van der Waals surface area contributed by atoms with Gasteiger partial charge in [-0.2, -0.15) is 0 Å². The monoisotopic (exact) mass is 270 g/mol. The molecule has 2 rings (SSSR count). The van der Waals surface area contributed by atoms with Gasteiger partial charge in [-0.1, -0.05) is 30.3 Å². The highest BCUT2D eigenvalue weighted by molar-refractivity contribution is 5.89. The predicted octanol–water partition coefficient (Wildman–Crippen LogP) is 3.40. The molecule has 2 aromatic rings. The van der Waals surface area contributed by atoms with Gasteiger partial charge in [0, 0.05) is 6.42 Å². The Morgan fingerprint density at radius 1 is 1.10 bits per heavy atom. The molecular formula is C17H18O3. The van der Waals surface area contributed by atoms with E-state index in [2.05, 4.69) is 12.1 Å². The topological polar surface area (TPSA) is 35.5 Å². The molecule has 3 heteroatoms. The lowest BCUT2D eigenvalue weighted by molar-refractivity contribution is 0.0600. The fourth-order valence-corrected chi connectivity index (χ4v) is 1.98. The van der Waals surface area contributed by atoms with E-state index < -0.39 is 0 Å². The minimum atomic E-state index is -0.330. The van der Waals surface area contributed by atoms with E-state index in [0.29, 0.717) is 12.2 Å². The van der Waals surface area contributed by atoms with Crippen LogP contribution in [0.4, 0.5) is 0 Å². The van der Waals surface area contributed by atoms with Crippen LogP contribution in [0.15, 0.2) is 48.5 Å². The summed E-state index contributed by atoms with van der Waals surface area (Å²) in [6.45, 7) is 2.53. The van der Waals surface area contributed by atoms with E-state index in [0.717, 1.165) is 17.7 Å². The largest absolute Gasteiger partial charge is 0.493 e. The summed E-state index contributed by atoms with van der Waals surface area (Å²) in [5, 5.41) is 0. The van der Waals surface area contributed by atoms with Crippen LogP contribution in [0.5, 0.6) is 5.75 Å². The van der Waals surface area contributed by atoms with Gasteiger partial charge in [0.05, 0.1) is 19.3 Å². The minimum absolute atomic E-state index is 0.330. The van der Waals surface area contributed by atoms with Crippen molar-refractivity contribution >= 4 is 5.97 Å².